The summed E-state index contributed by atoms with van der Waals surface area (Å²) in [6.07, 6.45) is 2.58. The molecular weight excluding hydrogens is 381 g/mol. The molecule has 0 N–H and O–H groups in total. The zero-order valence-corrected chi connectivity index (χ0v) is 16.2. The normalized spacial score (nSPS) is 10.8. The summed E-state index contributed by atoms with van der Waals surface area (Å²) in [5.41, 5.74) is 1.82. The highest BCUT2D eigenvalue weighted by atomic mass is 32.1. The molecule has 3 aromatic rings. The molecule has 0 aliphatic carbocycles. The van der Waals surface area contributed by atoms with Crippen molar-refractivity contribution in [3.8, 4) is 22.1 Å². The van der Waals surface area contributed by atoms with Crippen molar-refractivity contribution in [2.75, 3.05) is 14.2 Å². The van der Waals surface area contributed by atoms with Gasteiger partial charge < -0.3 is 14.2 Å². The summed E-state index contributed by atoms with van der Waals surface area (Å²) in [5.74, 6) is 0.287. The van der Waals surface area contributed by atoms with Crippen molar-refractivity contribution < 1.29 is 23.4 Å². The van der Waals surface area contributed by atoms with E-state index in [4.69, 9.17) is 14.2 Å². The van der Waals surface area contributed by atoms with Crippen LogP contribution in [0.5, 0.6) is 11.5 Å². The van der Waals surface area contributed by atoms with Gasteiger partial charge in [-0.15, -0.1) is 11.3 Å². The molecule has 0 saturated carbocycles. The minimum atomic E-state index is -0.566. The predicted octanol–water partition coefficient (Wildman–Crippen LogP) is 4.72. The van der Waals surface area contributed by atoms with Gasteiger partial charge in [0.05, 0.1) is 19.9 Å². The molecular formula is C21H18FNO4S. The molecule has 0 radical (unpaired) electrons. The number of hydrogen-bond donors (Lipinski definition) is 0. The Bertz CT molecular complexity index is 1000. The molecule has 0 aliphatic rings. The largest absolute Gasteiger partial charge is 0.493 e. The first kappa shape index (κ1) is 19.6. The molecule has 144 valence electrons. The number of nitrogens with zero attached hydrogens (tertiary/aromatic N) is 1. The molecule has 0 amide bonds. The number of carbonyl (C=O) groups is 1. The van der Waals surface area contributed by atoms with Gasteiger partial charge in [-0.3, -0.25) is 0 Å². The van der Waals surface area contributed by atoms with Crippen LogP contribution in [0.4, 0.5) is 4.39 Å². The minimum Gasteiger partial charge on any atom is -0.493 e. The summed E-state index contributed by atoms with van der Waals surface area (Å²) < 4.78 is 29.2. The van der Waals surface area contributed by atoms with Gasteiger partial charge in [0.2, 0.25) is 0 Å². The van der Waals surface area contributed by atoms with E-state index < -0.39 is 11.8 Å². The number of halogens is 1. The lowest BCUT2D eigenvalue weighted by Crippen LogP contribution is -2.01. The monoisotopic (exact) mass is 399 g/mol. The van der Waals surface area contributed by atoms with Gasteiger partial charge in [-0.2, -0.15) is 0 Å². The van der Waals surface area contributed by atoms with E-state index in [2.05, 4.69) is 4.98 Å². The predicted molar refractivity (Wildman–Crippen MR) is 106 cm³/mol. The number of hydrogen-bond acceptors (Lipinski definition) is 6. The summed E-state index contributed by atoms with van der Waals surface area (Å²) in [4.78, 5) is 16.3. The molecule has 5 nitrogen and oxygen atoms in total. The summed E-state index contributed by atoms with van der Waals surface area (Å²) >= 11 is 1.43. The molecule has 0 aliphatic heterocycles. The molecule has 28 heavy (non-hydrogen) atoms. The van der Waals surface area contributed by atoms with E-state index in [1.54, 1.807) is 32.4 Å². The van der Waals surface area contributed by atoms with Crippen LogP contribution in [0.2, 0.25) is 0 Å². The molecule has 1 aromatic heterocycles. The van der Waals surface area contributed by atoms with E-state index in [1.807, 2.05) is 23.6 Å². The highest BCUT2D eigenvalue weighted by Gasteiger charge is 2.10. The third-order valence-corrected chi connectivity index (χ3v) is 4.79. The van der Waals surface area contributed by atoms with Gasteiger partial charge in [-0.25, -0.2) is 14.2 Å². The summed E-state index contributed by atoms with van der Waals surface area (Å²) in [6.45, 7) is 0.0320. The second-order valence-electron chi connectivity index (χ2n) is 5.68. The summed E-state index contributed by atoms with van der Waals surface area (Å²) in [6, 6.07) is 11.7. The summed E-state index contributed by atoms with van der Waals surface area (Å²) in [5, 5.41) is 2.59. The third kappa shape index (κ3) is 4.75. The Morgan fingerprint density at radius 1 is 1.14 bits per heavy atom. The van der Waals surface area contributed by atoms with Crippen LogP contribution in [0.15, 0.2) is 53.9 Å². The van der Waals surface area contributed by atoms with Crippen LogP contribution in [-0.2, 0) is 16.1 Å². The smallest absolute Gasteiger partial charge is 0.331 e. The lowest BCUT2D eigenvalue weighted by atomic mass is 10.2. The molecule has 0 atom stereocenters. The quantitative estimate of drug-likeness (QED) is 0.425. The van der Waals surface area contributed by atoms with E-state index in [0.717, 1.165) is 10.6 Å². The fourth-order valence-electron chi connectivity index (χ4n) is 2.44. The number of aromatic nitrogens is 1. The van der Waals surface area contributed by atoms with E-state index in [1.165, 1.54) is 29.6 Å². The van der Waals surface area contributed by atoms with Crippen molar-refractivity contribution in [2.45, 2.75) is 6.61 Å². The van der Waals surface area contributed by atoms with E-state index >= 15 is 0 Å². The molecule has 0 spiro atoms. The Morgan fingerprint density at radius 2 is 1.93 bits per heavy atom. The van der Waals surface area contributed by atoms with Gasteiger partial charge in [0, 0.05) is 22.6 Å². The Morgan fingerprint density at radius 3 is 2.68 bits per heavy atom. The average molecular weight is 399 g/mol. The second kappa shape index (κ2) is 9.14. The number of benzene rings is 2. The van der Waals surface area contributed by atoms with Crippen LogP contribution in [0.3, 0.4) is 0 Å². The number of methoxy groups -OCH3 is 2. The SMILES string of the molecule is COc1ccc(-c2nc(COC(=O)/C=C/c3ccccc3F)cs2)cc1OC. The Balaban J connectivity index is 1.62. The molecule has 7 heteroatoms. The van der Waals surface area contributed by atoms with Crippen LogP contribution in [0, 0.1) is 5.82 Å². The molecule has 0 bridgehead atoms. The standard InChI is InChI=1S/C21H18FNO4S/c1-25-18-9-7-15(11-19(18)26-2)21-23-16(13-28-21)12-27-20(24)10-8-14-5-3-4-6-17(14)22/h3-11,13H,12H2,1-2H3/b10-8+. The number of ether oxygens (including phenoxy) is 3. The van der Waals surface area contributed by atoms with Gasteiger partial charge >= 0.3 is 5.97 Å². The maximum atomic E-state index is 13.5. The number of esters is 1. The molecule has 0 fully saturated rings. The highest BCUT2D eigenvalue weighted by molar-refractivity contribution is 7.13. The van der Waals surface area contributed by atoms with Crippen LogP contribution in [-0.4, -0.2) is 25.2 Å². The lowest BCUT2D eigenvalue weighted by molar-refractivity contribution is -0.139. The van der Waals surface area contributed by atoms with Crippen molar-refractivity contribution in [1.82, 2.24) is 4.98 Å². The van der Waals surface area contributed by atoms with Gasteiger partial charge in [0.25, 0.3) is 0 Å². The van der Waals surface area contributed by atoms with Crippen molar-refractivity contribution >= 4 is 23.4 Å². The first-order valence-corrected chi connectivity index (χ1v) is 9.25. The fourth-order valence-corrected chi connectivity index (χ4v) is 3.24. The molecule has 0 unspecified atom stereocenters. The van der Waals surface area contributed by atoms with Crippen LogP contribution in [0.1, 0.15) is 11.3 Å². The van der Waals surface area contributed by atoms with Crippen LogP contribution in [0.25, 0.3) is 16.6 Å². The number of thiazole rings is 1. The van der Waals surface area contributed by atoms with Crippen molar-refractivity contribution in [3.63, 3.8) is 0 Å². The lowest BCUT2D eigenvalue weighted by Gasteiger charge is -2.08. The van der Waals surface area contributed by atoms with Gasteiger partial charge in [0.15, 0.2) is 11.5 Å². The zero-order valence-electron chi connectivity index (χ0n) is 15.3. The molecule has 2 aromatic carbocycles. The molecule has 3 rings (SSSR count). The first-order valence-electron chi connectivity index (χ1n) is 8.37. The van der Waals surface area contributed by atoms with Gasteiger partial charge in [-0.05, 0) is 30.3 Å². The number of carbonyl (C=O) groups excluding carboxylic acids is 1. The Labute approximate surface area is 166 Å². The second-order valence-corrected chi connectivity index (χ2v) is 6.53. The van der Waals surface area contributed by atoms with Gasteiger partial charge in [0.1, 0.15) is 17.4 Å². The van der Waals surface area contributed by atoms with Crippen molar-refractivity contribution in [2.24, 2.45) is 0 Å². The van der Waals surface area contributed by atoms with E-state index in [-0.39, 0.29) is 6.61 Å². The molecule has 0 saturated heterocycles. The first-order chi connectivity index (χ1) is 13.6. The minimum absolute atomic E-state index is 0.0320. The fraction of sp³-hybridized carbons (Fsp3) is 0.143. The van der Waals surface area contributed by atoms with Crippen molar-refractivity contribution in [3.05, 3.63) is 71.0 Å². The number of rotatable bonds is 7. The highest BCUT2D eigenvalue weighted by Crippen LogP contribution is 2.33. The van der Waals surface area contributed by atoms with E-state index in [0.29, 0.717) is 22.8 Å². The Hall–Kier alpha value is -3.19. The zero-order chi connectivity index (χ0) is 19.9. The molecule has 1 heterocycles. The maximum Gasteiger partial charge on any atom is 0.331 e. The average Bonchev–Trinajstić information content (AvgIpc) is 3.20. The van der Waals surface area contributed by atoms with E-state index in [9.17, 15) is 9.18 Å². The van der Waals surface area contributed by atoms with Crippen LogP contribution < -0.4 is 9.47 Å². The Kier molecular flexibility index (Phi) is 6.39. The van der Waals surface area contributed by atoms with Crippen molar-refractivity contribution in [1.29, 1.82) is 0 Å². The third-order valence-electron chi connectivity index (χ3n) is 3.85. The van der Waals surface area contributed by atoms with Crippen LogP contribution >= 0.6 is 11.3 Å². The summed E-state index contributed by atoms with van der Waals surface area (Å²) in [7, 11) is 3.15. The van der Waals surface area contributed by atoms with Gasteiger partial charge in [-0.1, -0.05) is 18.2 Å². The topological polar surface area (TPSA) is 57.7 Å². The maximum absolute atomic E-state index is 13.5.